The normalized spacial score (nSPS) is 18.5. The Labute approximate surface area is 314 Å². The summed E-state index contributed by atoms with van der Waals surface area (Å²) in [6, 6.07) is 7.95. The van der Waals surface area contributed by atoms with E-state index in [9.17, 15) is 24.3 Å². The van der Waals surface area contributed by atoms with Gasteiger partial charge in [0.1, 0.15) is 22.8 Å². The Hall–Kier alpha value is -3.39. The smallest absolute Gasteiger partial charge is 0.308 e. The van der Waals surface area contributed by atoms with Crippen LogP contribution >= 0.6 is 11.3 Å². The van der Waals surface area contributed by atoms with Gasteiger partial charge in [0.2, 0.25) is 11.8 Å². The number of nitrogens with one attached hydrogen (secondary N) is 2. The number of nitrogens with zero attached hydrogens (tertiary/aromatic N) is 3. The highest BCUT2D eigenvalue weighted by Crippen LogP contribution is 2.29. The SMILES string of the molecule is CC[C@@H](C)[C@H](NC(=O)C1CCCCN1C)C(=O)N(CCOC)[C@H](C[C@@H](O)c1nc(C(=O)N[C@@H](Cc2ccccc2)C[C@H](C)C(=O)OC)cs1)C(C)C. The van der Waals surface area contributed by atoms with Gasteiger partial charge in [-0.1, -0.05) is 77.8 Å². The summed E-state index contributed by atoms with van der Waals surface area (Å²) in [5.41, 5.74) is 1.19. The molecule has 1 saturated heterocycles. The van der Waals surface area contributed by atoms with Crippen LogP contribution in [0.3, 0.4) is 0 Å². The molecule has 1 aliphatic rings. The first-order valence-electron chi connectivity index (χ1n) is 18.7. The lowest BCUT2D eigenvalue weighted by molar-refractivity contribution is -0.145. The van der Waals surface area contributed by atoms with E-state index in [1.807, 2.05) is 65.1 Å². The molecule has 52 heavy (non-hydrogen) atoms. The van der Waals surface area contributed by atoms with Gasteiger partial charge in [-0.25, -0.2) is 4.98 Å². The van der Waals surface area contributed by atoms with Gasteiger partial charge in [0, 0.05) is 37.5 Å². The number of piperidine rings is 1. The Kier molecular flexibility index (Phi) is 17.7. The predicted octanol–water partition coefficient (Wildman–Crippen LogP) is 4.62. The fraction of sp³-hybridized carbons (Fsp3) is 0.667. The number of aliphatic hydroxyl groups excluding tert-OH is 1. The Morgan fingerprint density at radius 2 is 1.77 bits per heavy atom. The van der Waals surface area contributed by atoms with Crippen LogP contribution in [-0.2, 0) is 30.3 Å². The van der Waals surface area contributed by atoms with E-state index in [1.54, 1.807) is 24.3 Å². The summed E-state index contributed by atoms with van der Waals surface area (Å²) in [4.78, 5) is 62.0. The number of amides is 3. The van der Waals surface area contributed by atoms with E-state index >= 15 is 0 Å². The number of benzene rings is 1. The van der Waals surface area contributed by atoms with E-state index in [1.165, 1.54) is 18.4 Å². The number of thiazole rings is 1. The van der Waals surface area contributed by atoms with Crippen LogP contribution in [0.15, 0.2) is 35.7 Å². The molecule has 0 bridgehead atoms. The Morgan fingerprint density at radius 3 is 2.38 bits per heavy atom. The number of carbonyl (C=O) groups is 4. The number of ether oxygens (including phenoxy) is 2. The molecular formula is C39H61N5O7S. The summed E-state index contributed by atoms with van der Waals surface area (Å²) in [6.07, 6.45) is 3.50. The van der Waals surface area contributed by atoms with Crippen LogP contribution in [0, 0.1) is 17.8 Å². The van der Waals surface area contributed by atoms with Gasteiger partial charge in [-0.05, 0) is 56.7 Å². The average molecular weight is 744 g/mol. The van der Waals surface area contributed by atoms with Gasteiger partial charge in [0.25, 0.3) is 5.91 Å². The van der Waals surface area contributed by atoms with E-state index in [4.69, 9.17) is 9.47 Å². The molecule has 1 aliphatic heterocycles. The van der Waals surface area contributed by atoms with Crippen molar-refractivity contribution in [2.75, 3.05) is 41.0 Å². The minimum Gasteiger partial charge on any atom is -0.469 e. The molecule has 1 aromatic heterocycles. The maximum atomic E-state index is 14.4. The van der Waals surface area contributed by atoms with Gasteiger partial charge in [-0.3, -0.25) is 24.1 Å². The monoisotopic (exact) mass is 743 g/mol. The van der Waals surface area contributed by atoms with Crippen LogP contribution in [-0.4, -0.2) is 109 Å². The van der Waals surface area contributed by atoms with Crippen molar-refractivity contribution in [1.29, 1.82) is 0 Å². The quantitative estimate of drug-likeness (QED) is 0.165. The lowest BCUT2D eigenvalue weighted by atomic mass is 9.92. The highest BCUT2D eigenvalue weighted by Gasteiger charge is 2.38. The average Bonchev–Trinajstić information content (AvgIpc) is 3.64. The van der Waals surface area contributed by atoms with Crippen LogP contribution in [0.25, 0.3) is 0 Å². The number of likely N-dealkylation sites (N-methyl/N-ethyl adjacent to an activating group) is 1. The van der Waals surface area contributed by atoms with Crippen molar-refractivity contribution in [2.45, 2.75) is 110 Å². The van der Waals surface area contributed by atoms with Gasteiger partial charge in [-0.15, -0.1) is 11.3 Å². The van der Waals surface area contributed by atoms with Crippen LogP contribution in [0.1, 0.15) is 100 Å². The molecule has 3 N–H and O–H groups in total. The number of aliphatic hydroxyl groups is 1. The molecule has 7 atom stereocenters. The van der Waals surface area contributed by atoms with Crippen molar-refractivity contribution >= 4 is 35.0 Å². The molecular weight excluding hydrogens is 683 g/mol. The zero-order valence-electron chi connectivity index (χ0n) is 32.3. The highest BCUT2D eigenvalue weighted by molar-refractivity contribution is 7.09. The third-order valence-corrected chi connectivity index (χ3v) is 11.2. The van der Waals surface area contributed by atoms with E-state index in [0.717, 1.165) is 31.4 Å². The second-order valence-electron chi connectivity index (χ2n) is 14.5. The van der Waals surface area contributed by atoms with Crippen LogP contribution in [0.2, 0.25) is 0 Å². The molecule has 0 aliphatic carbocycles. The van der Waals surface area contributed by atoms with Crippen LogP contribution < -0.4 is 10.6 Å². The Bertz CT molecular complexity index is 1420. The number of hydrogen-bond donors (Lipinski definition) is 3. The van der Waals surface area contributed by atoms with Crippen molar-refractivity contribution in [3.05, 3.63) is 52.0 Å². The highest BCUT2D eigenvalue weighted by atomic mass is 32.1. The first-order valence-corrected chi connectivity index (χ1v) is 19.5. The molecule has 1 aromatic carbocycles. The number of hydrogen-bond acceptors (Lipinski definition) is 10. The first-order chi connectivity index (χ1) is 24.8. The summed E-state index contributed by atoms with van der Waals surface area (Å²) in [5, 5.41) is 19.7. The molecule has 3 amide bonds. The molecule has 290 valence electrons. The van der Waals surface area contributed by atoms with Gasteiger partial charge in [0.05, 0.1) is 25.7 Å². The lowest BCUT2D eigenvalue weighted by Crippen LogP contribution is -2.59. The summed E-state index contributed by atoms with van der Waals surface area (Å²) in [7, 11) is 4.88. The predicted molar refractivity (Wildman–Crippen MR) is 203 cm³/mol. The van der Waals surface area contributed by atoms with E-state index in [-0.39, 0.29) is 67.0 Å². The Morgan fingerprint density at radius 1 is 1.06 bits per heavy atom. The molecule has 0 radical (unpaired) electrons. The van der Waals surface area contributed by atoms with Crippen molar-refractivity contribution in [1.82, 2.24) is 25.4 Å². The second kappa shape index (κ2) is 21.3. The van der Waals surface area contributed by atoms with Gasteiger partial charge in [0.15, 0.2) is 0 Å². The molecule has 2 heterocycles. The first kappa shape index (κ1) is 43.0. The standard InChI is InChI=1S/C39H61N5O7S/c1-9-26(4)34(42-36(47)31-17-13-14-18-43(31)6)38(48)44(19-20-50-7)32(25(2)3)23-33(45)37-41-30(24-52-37)35(46)40-29(21-27(5)39(49)51-8)22-28-15-11-10-12-16-28/h10-12,15-16,24-27,29,31-34,45H,9,13-14,17-23H2,1-8H3,(H,40,46)(H,42,47)/t26-,27+,29-,31?,32-,33-,34+/m1/s1. The van der Waals surface area contributed by atoms with E-state index in [0.29, 0.717) is 24.3 Å². The minimum absolute atomic E-state index is 0.0495. The fourth-order valence-corrected chi connectivity index (χ4v) is 7.65. The summed E-state index contributed by atoms with van der Waals surface area (Å²) in [6.45, 7) is 11.2. The summed E-state index contributed by atoms with van der Waals surface area (Å²) in [5.74, 6) is -1.67. The maximum absolute atomic E-state index is 14.4. The number of aromatic nitrogens is 1. The van der Waals surface area contributed by atoms with Crippen molar-refractivity contribution < 1.29 is 33.8 Å². The number of rotatable bonds is 20. The van der Waals surface area contributed by atoms with Crippen molar-refractivity contribution in [2.24, 2.45) is 17.8 Å². The largest absolute Gasteiger partial charge is 0.469 e. The fourth-order valence-electron chi connectivity index (χ4n) is 6.86. The number of methoxy groups -OCH3 is 2. The molecule has 0 spiro atoms. The van der Waals surface area contributed by atoms with Gasteiger partial charge < -0.3 is 30.1 Å². The molecule has 2 aromatic rings. The minimum atomic E-state index is -1.05. The van der Waals surface area contributed by atoms with E-state index < -0.39 is 30.0 Å². The molecule has 13 heteroatoms. The summed E-state index contributed by atoms with van der Waals surface area (Å²) < 4.78 is 10.3. The van der Waals surface area contributed by atoms with Gasteiger partial charge in [-0.2, -0.15) is 0 Å². The third kappa shape index (κ3) is 12.3. The summed E-state index contributed by atoms with van der Waals surface area (Å²) >= 11 is 1.18. The second-order valence-corrected chi connectivity index (χ2v) is 15.4. The zero-order valence-corrected chi connectivity index (χ0v) is 33.1. The molecule has 0 saturated carbocycles. The third-order valence-electron chi connectivity index (χ3n) is 10.2. The number of esters is 1. The van der Waals surface area contributed by atoms with Crippen LogP contribution in [0.4, 0.5) is 0 Å². The van der Waals surface area contributed by atoms with Gasteiger partial charge >= 0.3 is 5.97 Å². The molecule has 1 unspecified atom stereocenters. The Balaban J connectivity index is 1.79. The van der Waals surface area contributed by atoms with Crippen molar-refractivity contribution in [3.63, 3.8) is 0 Å². The van der Waals surface area contributed by atoms with Crippen molar-refractivity contribution in [3.8, 4) is 0 Å². The zero-order chi connectivity index (χ0) is 38.4. The molecule has 12 nitrogen and oxygen atoms in total. The lowest BCUT2D eigenvalue weighted by Gasteiger charge is -2.39. The maximum Gasteiger partial charge on any atom is 0.308 e. The molecule has 1 fully saturated rings. The topological polar surface area (TPSA) is 150 Å². The van der Waals surface area contributed by atoms with E-state index in [2.05, 4.69) is 20.5 Å². The number of likely N-dealkylation sites (tertiary alicyclic amines) is 1. The number of carbonyl (C=O) groups excluding carboxylic acids is 4. The van der Waals surface area contributed by atoms with Crippen LogP contribution in [0.5, 0.6) is 0 Å². The molecule has 3 rings (SSSR count).